The van der Waals surface area contributed by atoms with Crippen molar-refractivity contribution in [3.05, 3.63) is 95.2 Å². The molecule has 3 aromatic rings. The molecule has 0 unspecified atom stereocenters. The highest BCUT2D eigenvalue weighted by molar-refractivity contribution is 6.16. The van der Waals surface area contributed by atoms with Crippen molar-refractivity contribution in [1.82, 2.24) is 0 Å². The van der Waals surface area contributed by atoms with Crippen LogP contribution in [0.3, 0.4) is 0 Å². The van der Waals surface area contributed by atoms with Crippen molar-refractivity contribution in [3.8, 4) is 11.5 Å². The maximum atomic E-state index is 13.3. The van der Waals surface area contributed by atoms with Crippen molar-refractivity contribution in [3.63, 3.8) is 0 Å². The third-order valence-electron chi connectivity index (χ3n) is 5.88. The fourth-order valence-corrected chi connectivity index (χ4v) is 4.06. The number of carbonyl (C=O) groups excluding carboxylic acids is 1. The lowest BCUT2D eigenvalue weighted by atomic mass is 9.91. The molecule has 0 aromatic heterocycles. The normalized spacial score (nSPS) is 16.1. The van der Waals surface area contributed by atoms with E-state index in [-0.39, 0.29) is 5.76 Å². The van der Waals surface area contributed by atoms with E-state index < -0.39 is 11.9 Å². The topological polar surface area (TPSA) is 59.0 Å². The average molecular weight is 430 g/mol. The van der Waals surface area contributed by atoms with Crippen LogP contribution in [0.4, 0.5) is 5.69 Å². The van der Waals surface area contributed by atoms with Gasteiger partial charge >= 0.3 is 0 Å². The maximum absolute atomic E-state index is 13.3. The minimum atomic E-state index is -0.467. The van der Waals surface area contributed by atoms with Crippen LogP contribution in [-0.4, -0.2) is 25.2 Å². The first-order valence-electron chi connectivity index (χ1n) is 10.6. The van der Waals surface area contributed by atoms with Crippen LogP contribution >= 0.6 is 0 Å². The lowest BCUT2D eigenvalue weighted by Crippen LogP contribution is -2.30. The van der Waals surface area contributed by atoms with E-state index >= 15 is 0 Å². The predicted octanol–water partition coefficient (Wildman–Crippen LogP) is 5.88. The van der Waals surface area contributed by atoms with Gasteiger partial charge in [-0.15, -0.1) is 0 Å². The van der Waals surface area contributed by atoms with Gasteiger partial charge in [0.15, 0.2) is 5.76 Å². The van der Waals surface area contributed by atoms with Gasteiger partial charge in [0.2, 0.25) is 0 Å². The number of ether oxygens (including phenoxy) is 2. The van der Waals surface area contributed by atoms with E-state index in [9.17, 15) is 9.90 Å². The van der Waals surface area contributed by atoms with Crippen molar-refractivity contribution in [2.75, 3.05) is 19.1 Å². The van der Waals surface area contributed by atoms with Gasteiger partial charge in [-0.05, 0) is 59.0 Å². The molecule has 5 nitrogen and oxygen atoms in total. The predicted molar refractivity (Wildman–Crippen MR) is 126 cm³/mol. The standard InChI is InChI=1S/C27H27NO4/c1-17(2)18-5-7-20(8-6-18)25-24(19-9-13-22(31-3)14-10-19)26(29)27(30)28(25)21-11-15-23(32-4)16-12-21/h5-17,25,29H,1-4H3/t25-/m1/s1. The maximum Gasteiger partial charge on any atom is 0.294 e. The Balaban J connectivity index is 1.85. The van der Waals surface area contributed by atoms with Crippen molar-refractivity contribution >= 4 is 17.2 Å². The summed E-state index contributed by atoms with van der Waals surface area (Å²) in [6.07, 6.45) is 0. The Morgan fingerprint density at radius 1 is 0.812 bits per heavy atom. The first-order chi connectivity index (χ1) is 15.4. The minimum absolute atomic E-state index is 0.246. The molecule has 1 aliphatic heterocycles. The first-order valence-corrected chi connectivity index (χ1v) is 10.6. The summed E-state index contributed by atoms with van der Waals surface area (Å²) in [6, 6.07) is 22.4. The second-order valence-corrected chi connectivity index (χ2v) is 8.09. The molecule has 0 aliphatic carbocycles. The molecule has 1 aliphatic rings. The van der Waals surface area contributed by atoms with Gasteiger partial charge < -0.3 is 14.6 Å². The summed E-state index contributed by atoms with van der Waals surface area (Å²) in [5.74, 6) is 1.13. The monoisotopic (exact) mass is 429 g/mol. The van der Waals surface area contributed by atoms with Crippen LogP contribution in [0.2, 0.25) is 0 Å². The lowest BCUT2D eigenvalue weighted by Gasteiger charge is -2.28. The summed E-state index contributed by atoms with van der Waals surface area (Å²) < 4.78 is 10.5. The second-order valence-electron chi connectivity index (χ2n) is 8.09. The Bertz CT molecular complexity index is 1130. The van der Waals surface area contributed by atoms with Crippen molar-refractivity contribution in [1.29, 1.82) is 0 Å². The van der Waals surface area contributed by atoms with E-state index in [4.69, 9.17) is 9.47 Å². The quantitative estimate of drug-likeness (QED) is 0.531. The highest BCUT2D eigenvalue weighted by Crippen LogP contribution is 2.45. The molecule has 1 atom stereocenters. The highest BCUT2D eigenvalue weighted by Gasteiger charge is 2.42. The number of rotatable bonds is 6. The molecule has 0 bridgehead atoms. The number of aliphatic hydroxyl groups is 1. The third-order valence-corrected chi connectivity index (χ3v) is 5.88. The molecule has 0 saturated carbocycles. The van der Waals surface area contributed by atoms with E-state index in [0.29, 0.717) is 28.7 Å². The molecule has 1 N–H and O–H groups in total. The van der Waals surface area contributed by atoms with Crippen LogP contribution in [0.25, 0.3) is 5.57 Å². The third kappa shape index (κ3) is 3.82. The Labute approximate surface area is 188 Å². The van der Waals surface area contributed by atoms with Gasteiger partial charge in [0.25, 0.3) is 5.91 Å². The molecule has 0 saturated heterocycles. The number of carbonyl (C=O) groups is 1. The average Bonchev–Trinajstić information content (AvgIpc) is 3.09. The number of anilines is 1. The summed E-state index contributed by atoms with van der Waals surface area (Å²) in [7, 11) is 3.21. The molecule has 0 spiro atoms. The van der Waals surface area contributed by atoms with Crippen LogP contribution in [0.15, 0.2) is 78.6 Å². The molecule has 3 aromatic carbocycles. The van der Waals surface area contributed by atoms with Crippen molar-refractivity contribution < 1.29 is 19.4 Å². The van der Waals surface area contributed by atoms with Crippen LogP contribution < -0.4 is 14.4 Å². The Hall–Kier alpha value is -3.73. The zero-order valence-electron chi connectivity index (χ0n) is 18.7. The zero-order valence-corrected chi connectivity index (χ0v) is 18.7. The number of hydrogen-bond acceptors (Lipinski definition) is 4. The number of amides is 1. The molecule has 5 heteroatoms. The number of hydrogen-bond donors (Lipinski definition) is 1. The van der Waals surface area contributed by atoms with E-state index in [1.807, 2.05) is 60.7 Å². The summed E-state index contributed by atoms with van der Waals surface area (Å²) >= 11 is 0. The van der Waals surface area contributed by atoms with Gasteiger partial charge in [0.1, 0.15) is 11.5 Å². The SMILES string of the molecule is COc1ccc(C2=C(O)C(=O)N(c3ccc(OC)cc3)[C@@H]2c2ccc(C(C)C)cc2)cc1. The van der Waals surface area contributed by atoms with Crippen LogP contribution in [0.1, 0.15) is 42.5 Å². The molecule has 164 valence electrons. The van der Waals surface area contributed by atoms with Crippen molar-refractivity contribution in [2.45, 2.75) is 25.8 Å². The summed E-state index contributed by atoms with van der Waals surface area (Å²) in [6.45, 7) is 4.29. The van der Waals surface area contributed by atoms with E-state index in [1.54, 1.807) is 19.1 Å². The fraction of sp³-hybridized carbons (Fsp3) is 0.222. The summed E-state index contributed by atoms with van der Waals surface area (Å²) in [5, 5.41) is 11.0. The first kappa shape index (κ1) is 21.5. The van der Waals surface area contributed by atoms with Crippen LogP contribution in [-0.2, 0) is 4.79 Å². The van der Waals surface area contributed by atoms with Gasteiger partial charge in [-0.2, -0.15) is 0 Å². The van der Waals surface area contributed by atoms with Gasteiger partial charge in [0.05, 0.1) is 20.3 Å². The fourth-order valence-electron chi connectivity index (χ4n) is 4.06. The second kappa shape index (κ2) is 8.79. The van der Waals surface area contributed by atoms with Gasteiger partial charge in [-0.3, -0.25) is 9.69 Å². The molecule has 1 heterocycles. The molecular weight excluding hydrogens is 402 g/mol. The lowest BCUT2D eigenvalue weighted by molar-refractivity contribution is -0.117. The number of aliphatic hydroxyl groups excluding tert-OH is 1. The molecule has 32 heavy (non-hydrogen) atoms. The van der Waals surface area contributed by atoms with E-state index in [0.717, 1.165) is 11.1 Å². The van der Waals surface area contributed by atoms with Gasteiger partial charge in [-0.25, -0.2) is 0 Å². The Morgan fingerprint density at radius 3 is 1.84 bits per heavy atom. The van der Waals surface area contributed by atoms with Crippen LogP contribution in [0.5, 0.6) is 11.5 Å². The number of methoxy groups -OCH3 is 2. The highest BCUT2D eigenvalue weighted by atomic mass is 16.5. The Kier molecular flexibility index (Phi) is 5.91. The van der Waals surface area contributed by atoms with Gasteiger partial charge in [0, 0.05) is 11.3 Å². The molecule has 0 radical (unpaired) electrons. The van der Waals surface area contributed by atoms with E-state index in [1.165, 1.54) is 5.56 Å². The summed E-state index contributed by atoms with van der Waals surface area (Å²) in [4.78, 5) is 14.9. The Morgan fingerprint density at radius 2 is 1.34 bits per heavy atom. The van der Waals surface area contributed by atoms with Crippen LogP contribution in [0, 0.1) is 0 Å². The van der Waals surface area contributed by atoms with Crippen molar-refractivity contribution in [2.24, 2.45) is 0 Å². The van der Waals surface area contributed by atoms with E-state index in [2.05, 4.69) is 26.0 Å². The van der Waals surface area contributed by atoms with Gasteiger partial charge in [-0.1, -0.05) is 50.2 Å². The minimum Gasteiger partial charge on any atom is -0.503 e. The smallest absolute Gasteiger partial charge is 0.294 e. The zero-order chi connectivity index (χ0) is 22.8. The molecule has 4 rings (SSSR count). The molecule has 1 amide bonds. The molecular formula is C27H27NO4. The number of nitrogens with zero attached hydrogens (tertiary/aromatic N) is 1. The summed E-state index contributed by atoms with van der Waals surface area (Å²) in [5.41, 5.74) is 4.17. The largest absolute Gasteiger partial charge is 0.503 e. The molecule has 0 fully saturated rings. The number of benzene rings is 3.